The molecule has 1 fully saturated rings. The van der Waals surface area contributed by atoms with Crippen molar-refractivity contribution in [3.8, 4) is 0 Å². The fourth-order valence-electron chi connectivity index (χ4n) is 2.95. The fourth-order valence-corrected chi connectivity index (χ4v) is 3.86. The first-order valence-electron chi connectivity index (χ1n) is 7.60. The van der Waals surface area contributed by atoms with E-state index in [-0.39, 0.29) is 0 Å². The van der Waals surface area contributed by atoms with Gasteiger partial charge in [0.05, 0.1) is 0 Å². The SMILES string of the molecule is CCc1ccc(CN[C@@H](C)C2CCCCCC2)s1. The Balaban J connectivity index is 1.77. The number of hydrogen-bond donors (Lipinski definition) is 1. The molecule has 1 nitrogen and oxygen atoms in total. The summed E-state index contributed by atoms with van der Waals surface area (Å²) in [5, 5.41) is 3.74. The minimum Gasteiger partial charge on any atom is -0.309 e. The van der Waals surface area contributed by atoms with Crippen LogP contribution in [-0.4, -0.2) is 6.04 Å². The van der Waals surface area contributed by atoms with E-state index in [0.717, 1.165) is 12.5 Å². The average molecular weight is 265 g/mol. The molecular formula is C16H27NS. The molecule has 0 aromatic carbocycles. The molecule has 0 unspecified atom stereocenters. The summed E-state index contributed by atoms with van der Waals surface area (Å²) < 4.78 is 0. The van der Waals surface area contributed by atoms with Gasteiger partial charge in [0.2, 0.25) is 0 Å². The van der Waals surface area contributed by atoms with E-state index in [4.69, 9.17) is 0 Å². The van der Waals surface area contributed by atoms with Crippen LogP contribution in [0.5, 0.6) is 0 Å². The molecule has 0 saturated heterocycles. The van der Waals surface area contributed by atoms with Crippen LogP contribution in [0, 0.1) is 5.92 Å². The maximum atomic E-state index is 3.74. The first kappa shape index (κ1) is 14.1. The molecule has 1 atom stereocenters. The van der Waals surface area contributed by atoms with Gasteiger partial charge in [0.15, 0.2) is 0 Å². The lowest BCUT2D eigenvalue weighted by molar-refractivity contribution is 0.337. The summed E-state index contributed by atoms with van der Waals surface area (Å²) in [7, 11) is 0. The predicted molar refractivity (Wildman–Crippen MR) is 81.2 cm³/mol. The third-order valence-corrected chi connectivity index (χ3v) is 5.50. The van der Waals surface area contributed by atoms with E-state index < -0.39 is 0 Å². The molecular weight excluding hydrogens is 238 g/mol. The van der Waals surface area contributed by atoms with Crippen molar-refractivity contribution in [1.29, 1.82) is 0 Å². The zero-order chi connectivity index (χ0) is 12.8. The van der Waals surface area contributed by atoms with Gasteiger partial charge in [-0.1, -0.05) is 32.6 Å². The predicted octanol–water partition coefficient (Wildman–Crippen LogP) is 4.76. The summed E-state index contributed by atoms with van der Waals surface area (Å²) in [6, 6.07) is 5.24. The van der Waals surface area contributed by atoms with Gasteiger partial charge in [-0.25, -0.2) is 0 Å². The van der Waals surface area contributed by atoms with Gasteiger partial charge in [-0.2, -0.15) is 0 Å². The fraction of sp³-hybridized carbons (Fsp3) is 0.750. The first-order chi connectivity index (χ1) is 8.79. The Hall–Kier alpha value is -0.340. The molecule has 1 aliphatic carbocycles. The second-order valence-corrected chi connectivity index (χ2v) is 6.90. The van der Waals surface area contributed by atoms with E-state index in [1.165, 1.54) is 54.7 Å². The van der Waals surface area contributed by atoms with Gasteiger partial charge in [-0.15, -0.1) is 11.3 Å². The smallest absolute Gasteiger partial charge is 0.0302 e. The molecule has 1 N–H and O–H groups in total. The Labute approximate surface area is 116 Å². The third-order valence-electron chi connectivity index (χ3n) is 4.27. The van der Waals surface area contributed by atoms with Crippen molar-refractivity contribution in [2.75, 3.05) is 0 Å². The highest BCUT2D eigenvalue weighted by molar-refractivity contribution is 7.11. The van der Waals surface area contributed by atoms with E-state index in [1.54, 1.807) is 0 Å². The highest BCUT2D eigenvalue weighted by Crippen LogP contribution is 2.26. The number of thiophene rings is 1. The van der Waals surface area contributed by atoms with Gasteiger partial charge in [-0.3, -0.25) is 0 Å². The molecule has 1 saturated carbocycles. The lowest BCUT2D eigenvalue weighted by atomic mass is 9.93. The summed E-state index contributed by atoms with van der Waals surface area (Å²) in [6.45, 7) is 5.67. The third kappa shape index (κ3) is 4.10. The van der Waals surface area contributed by atoms with Gasteiger partial charge >= 0.3 is 0 Å². The molecule has 0 amide bonds. The van der Waals surface area contributed by atoms with E-state index in [9.17, 15) is 0 Å². The van der Waals surface area contributed by atoms with Crippen molar-refractivity contribution >= 4 is 11.3 Å². The molecule has 2 rings (SSSR count). The molecule has 0 aliphatic heterocycles. The first-order valence-corrected chi connectivity index (χ1v) is 8.42. The summed E-state index contributed by atoms with van der Waals surface area (Å²) in [5.41, 5.74) is 0. The van der Waals surface area contributed by atoms with Gasteiger partial charge in [-0.05, 0) is 44.2 Å². The van der Waals surface area contributed by atoms with Gasteiger partial charge in [0.1, 0.15) is 0 Å². The highest BCUT2D eigenvalue weighted by Gasteiger charge is 2.18. The Morgan fingerprint density at radius 2 is 1.83 bits per heavy atom. The molecule has 0 spiro atoms. The number of nitrogens with one attached hydrogen (secondary N) is 1. The maximum Gasteiger partial charge on any atom is 0.0302 e. The molecule has 1 aliphatic rings. The van der Waals surface area contributed by atoms with Crippen LogP contribution < -0.4 is 5.32 Å². The molecule has 102 valence electrons. The monoisotopic (exact) mass is 265 g/mol. The van der Waals surface area contributed by atoms with Crippen molar-refractivity contribution in [2.45, 2.75) is 71.4 Å². The lowest BCUT2D eigenvalue weighted by Crippen LogP contribution is -2.32. The number of hydrogen-bond acceptors (Lipinski definition) is 2. The van der Waals surface area contributed by atoms with Gasteiger partial charge in [0, 0.05) is 22.3 Å². The normalized spacial score (nSPS) is 19.7. The second-order valence-electron chi connectivity index (χ2n) is 5.64. The largest absolute Gasteiger partial charge is 0.309 e. The standard InChI is InChI=1S/C16H27NS/c1-3-15-10-11-16(18-15)12-17-13(2)14-8-6-4-5-7-9-14/h10-11,13-14,17H,3-9,12H2,1-2H3/t13-/m0/s1. The second kappa shape index (κ2) is 7.30. The highest BCUT2D eigenvalue weighted by atomic mass is 32.1. The molecule has 1 aromatic heterocycles. The van der Waals surface area contributed by atoms with E-state index in [1.807, 2.05) is 11.3 Å². The Morgan fingerprint density at radius 1 is 1.17 bits per heavy atom. The molecule has 18 heavy (non-hydrogen) atoms. The Kier molecular flexibility index (Phi) is 5.71. The van der Waals surface area contributed by atoms with Crippen molar-refractivity contribution in [1.82, 2.24) is 5.32 Å². The molecule has 1 aromatic rings. The Bertz CT molecular complexity index is 337. The maximum absolute atomic E-state index is 3.74. The van der Waals surface area contributed by atoms with Crippen LogP contribution >= 0.6 is 11.3 Å². The summed E-state index contributed by atoms with van der Waals surface area (Å²) in [5.74, 6) is 0.901. The van der Waals surface area contributed by atoms with Crippen LogP contribution in [0.2, 0.25) is 0 Å². The van der Waals surface area contributed by atoms with Crippen molar-refractivity contribution < 1.29 is 0 Å². The van der Waals surface area contributed by atoms with Crippen LogP contribution in [0.1, 0.15) is 62.1 Å². The number of rotatable bonds is 5. The Morgan fingerprint density at radius 3 is 2.44 bits per heavy atom. The molecule has 0 bridgehead atoms. The quantitative estimate of drug-likeness (QED) is 0.757. The topological polar surface area (TPSA) is 12.0 Å². The van der Waals surface area contributed by atoms with Gasteiger partial charge < -0.3 is 5.32 Å². The van der Waals surface area contributed by atoms with Crippen LogP contribution in [0.3, 0.4) is 0 Å². The minimum atomic E-state index is 0.676. The van der Waals surface area contributed by atoms with Crippen molar-refractivity contribution in [3.63, 3.8) is 0 Å². The van der Waals surface area contributed by atoms with Crippen molar-refractivity contribution in [3.05, 3.63) is 21.9 Å². The zero-order valence-corrected chi connectivity index (χ0v) is 12.7. The number of aryl methyl sites for hydroxylation is 1. The van der Waals surface area contributed by atoms with Crippen LogP contribution in [0.4, 0.5) is 0 Å². The van der Waals surface area contributed by atoms with Gasteiger partial charge in [0.25, 0.3) is 0 Å². The van der Waals surface area contributed by atoms with Crippen molar-refractivity contribution in [2.24, 2.45) is 5.92 Å². The average Bonchev–Trinajstić information content (AvgIpc) is 2.68. The zero-order valence-electron chi connectivity index (χ0n) is 11.9. The summed E-state index contributed by atoms with van der Waals surface area (Å²) in [6.07, 6.45) is 9.81. The van der Waals surface area contributed by atoms with E-state index in [2.05, 4.69) is 31.3 Å². The lowest BCUT2D eigenvalue weighted by Gasteiger charge is -2.23. The summed E-state index contributed by atoms with van der Waals surface area (Å²) in [4.78, 5) is 3.00. The molecule has 2 heteroatoms. The van der Waals surface area contributed by atoms with E-state index >= 15 is 0 Å². The van der Waals surface area contributed by atoms with Crippen LogP contribution in [-0.2, 0) is 13.0 Å². The van der Waals surface area contributed by atoms with Crippen LogP contribution in [0.25, 0.3) is 0 Å². The van der Waals surface area contributed by atoms with E-state index in [0.29, 0.717) is 6.04 Å². The summed E-state index contributed by atoms with van der Waals surface area (Å²) >= 11 is 1.96. The minimum absolute atomic E-state index is 0.676. The van der Waals surface area contributed by atoms with Crippen LogP contribution in [0.15, 0.2) is 12.1 Å². The molecule has 0 radical (unpaired) electrons. The molecule has 1 heterocycles.